The van der Waals surface area contributed by atoms with Gasteiger partial charge in [-0.1, -0.05) is 23.7 Å². The first kappa shape index (κ1) is 12.5. The Morgan fingerprint density at radius 2 is 2.05 bits per heavy atom. The minimum Gasteiger partial charge on any atom is -0.455 e. The zero-order chi connectivity index (χ0) is 13.1. The number of nitrogens with one attached hydrogen (secondary N) is 1. The Bertz CT molecular complexity index is 570. The van der Waals surface area contributed by atoms with Gasteiger partial charge in [0.2, 0.25) is 0 Å². The van der Waals surface area contributed by atoms with Crippen LogP contribution in [0.5, 0.6) is 11.5 Å². The molecular formula is C15H15ClN2O. The number of hydrogen-bond acceptors (Lipinski definition) is 3. The topological polar surface area (TPSA) is 34.1 Å². The first-order chi connectivity index (χ1) is 9.33. The Labute approximate surface area is 117 Å². The van der Waals surface area contributed by atoms with Gasteiger partial charge in [0.15, 0.2) is 0 Å². The molecule has 3 nitrogen and oxygen atoms in total. The van der Waals surface area contributed by atoms with E-state index < -0.39 is 0 Å². The summed E-state index contributed by atoms with van der Waals surface area (Å²) in [6.45, 7) is 0.776. The van der Waals surface area contributed by atoms with E-state index in [1.807, 2.05) is 36.5 Å². The third-order valence-electron chi connectivity index (χ3n) is 3.07. The molecule has 1 fully saturated rings. The SMILES string of the molecule is Clc1ccccc1Oc1ccncc1CNC1CC1. The van der Waals surface area contributed by atoms with Crippen molar-refractivity contribution in [2.45, 2.75) is 25.4 Å². The van der Waals surface area contributed by atoms with E-state index in [-0.39, 0.29) is 0 Å². The van der Waals surface area contributed by atoms with Crippen LogP contribution in [0.3, 0.4) is 0 Å². The summed E-state index contributed by atoms with van der Waals surface area (Å²) < 4.78 is 5.88. The van der Waals surface area contributed by atoms with Crippen LogP contribution in [-0.2, 0) is 6.54 Å². The van der Waals surface area contributed by atoms with Crippen LogP contribution >= 0.6 is 11.6 Å². The Hall–Kier alpha value is -1.58. The number of ether oxygens (including phenoxy) is 1. The maximum atomic E-state index is 6.11. The number of hydrogen-bond donors (Lipinski definition) is 1. The van der Waals surface area contributed by atoms with Gasteiger partial charge in [0.1, 0.15) is 11.5 Å². The molecule has 1 aliphatic carbocycles. The second-order valence-electron chi connectivity index (χ2n) is 4.67. The maximum Gasteiger partial charge on any atom is 0.146 e. The number of pyridine rings is 1. The van der Waals surface area contributed by atoms with Crippen LogP contribution in [-0.4, -0.2) is 11.0 Å². The van der Waals surface area contributed by atoms with Gasteiger partial charge in [-0.3, -0.25) is 4.98 Å². The highest BCUT2D eigenvalue weighted by Gasteiger charge is 2.20. The summed E-state index contributed by atoms with van der Waals surface area (Å²) in [6.07, 6.45) is 6.09. The van der Waals surface area contributed by atoms with Crippen LogP contribution in [0.2, 0.25) is 5.02 Å². The second-order valence-corrected chi connectivity index (χ2v) is 5.08. The van der Waals surface area contributed by atoms with Crippen LogP contribution in [0.4, 0.5) is 0 Å². The second kappa shape index (κ2) is 5.59. The molecule has 98 valence electrons. The van der Waals surface area contributed by atoms with Gasteiger partial charge in [-0.2, -0.15) is 0 Å². The zero-order valence-electron chi connectivity index (χ0n) is 10.5. The number of rotatable bonds is 5. The fraction of sp³-hybridized carbons (Fsp3) is 0.267. The van der Waals surface area contributed by atoms with Gasteiger partial charge < -0.3 is 10.1 Å². The predicted molar refractivity (Wildman–Crippen MR) is 75.6 cm³/mol. The molecule has 1 heterocycles. The van der Waals surface area contributed by atoms with Crippen molar-refractivity contribution in [2.24, 2.45) is 0 Å². The molecule has 0 unspecified atom stereocenters. The van der Waals surface area contributed by atoms with Gasteiger partial charge in [-0.15, -0.1) is 0 Å². The number of halogens is 1. The van der Waals surface area contributed by atoms with Gasteiger partial charge in [-0.05, 0) is 31.0 Å². The lowest BCUT2D eigenvalue weighted by molar-refractivity contribution is 0.471. The van der Waals surface area contributed by atoms with Crippen molar-refractivity contribution in [2.75, 3.05) is 0 Å². The van der Waals surface area contributed by atoms with Crippen molar-refractivity contribution >= 4 is 11.6 Å². The number of para-hydroxylation sites is 1. The molecule has 1 aromatic heterocycles. The van der Waals surface area contributed by atoms with Gasteiger partial charge in [0, 0.05) is 30.5 Å². The van der Waals surface area contributed by atoms with Crippen molar-refractivity contribution in [1.29, 1.82) is 0 Å². The van der Waals surface area contributed by atoms with Crippen molar-refractivity contribution in [3.05, 3.63) is 53.3 Å². The van der Waals surface area contributed by atoms with Gasteiger partial charge in [0.05, 0.1) is 5.02 Å². The van der Waals surface area contributed by atoms with Crippen LogP contribution in [0.1, 0.15) is 18.4 Å². The predicted octanol–water partition coefficient (Wildman–Crippen LogP) is 3.78. The van der Waals surface area contributed by atoms with Crippen molar-refractivity contribution in [3.8, 4) is 11.5 Å². The Balaban J connectivity index is 1.77. The van der Waals surface area contributed by atoms with Crippen molar-refractivity contribution < 1.29 is 4.74 Å². The summed E-state index contributed by atoms with van der Waals surface area (Å²) in [6, 6.07) is 10.0. The minimum absolute atomic E-state index is 0.611. The van der Waals surface area contributed by atoms with E-state index in [1.54, 1.807) is 6.20 Å². The van der Waals surface area contributed by atoms with E-state index in [4.69, 9.17) is 16.3 Å². The molecule has 3 rings (SSSR count). The van der Waals surface area contributed by atoms with Crippen LogP contribution in [0.15, 0.2) is 42.7 Å². The van der Waals surface area contributed by atoms with Crippen LogP contribution in [0, 0.1) is 0 Å². The molecule has 0 atom stereocenters. The molecule has 0 spiro atoms. The molecule has 4 heteroatoms. The smallest absolute Gasteiger partial charge is 0.146 e. The molecule has 0 aliphatic heterocycles. The molecule has 1 N–H and O–H groups in total. The molecule has 0 saturated heterocycles. The summed E-state index contributed by atoms with van der Waals surface area (Å²) in [5.41, 5.74) is 1.05. The monoisotopic (exact) mass is 274 g/mol. The summed E-state index contributed by atoms with van der Waals surface area (Å²) >= 11 is 6.11. The van der Waals surface area contributed by atoms with Crippen LogP contribution in [0.25, 0.3) is 0 Å². The number of aromatic nitrogens is 1. The van der Waals surface area contributed by atoms with Gasteiger partial charge in [-0.25, -0.2) is 0 Å². The van der Waals surface area contributed by atoms with Crippen LogP contribution < -0.4 is 10.1 Å². The molecule has 1 aromatic carbocycles. The van der Waals surface area contributed by atoms with E-state index in [0.717, 1.165) is 17.9 Å². The lowest BCUT2D eigenvalue weighted by Crippen LogP contribution is -2.15. The molecule has 0 radical (unpaired) electrons. The average molecular weight is 275 g/mol. The summed E-state index contributed by atoms with van der Waals surface area (Å²) in [5.74, 6) is 1.47. The molecule has 2 aromatic rings. The average Bonchev–Trinajstić information content (AvgIpc) is 3.24. The molecule has 19 heavy (non-hydrogen) atoms. The number of benzene rings is 1. The van der Waals surface area contributed by atoms with Gasteiger partial charge in [0.25, 0.3) is 0 Å². The zero-order valence-corrected chi connectivity index (χ0v) is 11.2. The van der Waals surface area contributed by atoms with E-state index in [0.29, 0.717) is 16.8 Å². The van der Waals surface area contributed by atoms with Crippen molar-refractivity contribution in [3.63, 3.8) is 0 Å². The maximum absolute atomic E-state index is 6.11. The normalized spacial score (nSPS) is 14.4. The molecular weight excluding hydrogens is 260 g/mol. The van der Waals surface area contributed by atoms with Gasteiger partial charge >= 0.3 is 0 Å². The Morgan fingerprint density at radius 3 is 2.84 bits per heavy atom. The molecule has 0 amide bonds. The summed E-state index contributed by atoms with van der Waals surface area (Å²) in [5, 5.41) is 4.07. The highest BCUT2D eigenvalue weighted by Crippen LogP contribution is 2.30. The van der Waals surface area contributed by atoms with E-state index in [2.05, 4.69) is 10.3 Å². The fourth-order valence-corrected chi connectivity index (χ4v) is 2.01. The van der Waals surface area contributed by atoms with E-state index >= 15 is 0 Å². The Morgan fingerprint density at radius 1 is 1.21 bits per heavy atom. The summed E-state index contributed by atoms with van der Waals surface area (Å²) in [7, 11) is 0. The van der Waals surface area contributed by atoms with Crippen molar-refractivity contribution in [1.82, 2.24) is 10.3 Å². The summed E-state index contributed by atoms with van der Waals surface area (Å²) in [4.78, 5) is 4.15. The molecule has 0 bridgehead atoms. The number of nitrogens with zero attached hydrogens (tertiary/aromatic N) is 1. The first-order valence-corrected chi connectivity index (χ1v) is 6.79. The standard InChI is InChI=1S/C15H15ClN2O/c16-13-3-1-2-4-15(13)19-14-7-8-17-9-11(14)10-18-12-5-6-12/h1-4,7-9,12,18H,5-6,10H2. The third kappa shape index (κ3) is 3.25. The highest BCUT2D eigenvalue weighted by molar-refractivity contribution is 6.32. The molecule has 1 aliphatic rings. The Kier molecular flexibility index (Phi) is 3.67. The lowest BCUT2D eigenvalue weighted by atomic mass is 10.2. The lowest BCUT2D eigenvalue weighted by Gasteiger charge is -2.12. The van der Waals surface area contributed by atoms with E-state index in [9.17, 15) is 0 Å². The van der Waals surface area contributed by atoms with E-state index in [1.165, 1.54) is 12.8 Å². The largest absolute Gasteiger partial charge is 0.455 e. The quantitative estimate of drug-likeness (QED) is 0.901. The highest BCUT2D eigenvalue weighted by atomic mass is 35.5. The third-order valence-corrected chi connectivity index (χ3v) is 3.39. The molecule has 1 saturated carbocycles. The fourth-order valence-electron chi connectivity index (χ4n) is 1.83. The first-order valence-electron chi connectivity index (χ1n) is 6.41. The minimum atomic E-state index is 0.611.